The molecule has 2 rings (SSSR count). The number of carbonyl (C=O) groups is 1. The molecule has 0 saturated carbocycles. The highest BCUT2D eigenvalue weighted by atomic mass is 35.5. The molecule has 26 heavy (non-hydrogen) atoms. The number of ether oxygens (including phenoxy) is 2. The summed E-state index contributed by atoms with van der Waals surface area (Å²) in [5, 5.41) is 19.6. The zero-order valence-electron chi connectivity index (χ0n) is 13.7. The van der Waals surface area contributed by atoms with E-state index in [4.69, 9.17) is 26.2 Å². The van der Waals surface area contributed by atoms with Crippen molar-refractivity contribution in [3.8, 4) is 11.5 Å². The lowest BCUT2D eigenvalue weighted by Gasteiger charge is -2.13. The summed E-state index contributed by atoms with van der Waals surface area (Å²) in [4.78, 5) is 25.1. The van der Waals surface area contributed by atoms with Crippen molar-refractivity contribution < 1.29 is 24.3 Å². The average Bonchev–Trinajstić information content (AvgIpc) is 2.59. The maximum absolute atomic E-state index is 10.7. The monoisotopic (exact) mass is 378 g/mol. The number of rotatable bonds is 8. The predicted octanol–water partition coefficient (Wildman–Crippen LogP) is 3.86. The van der Waals surface area contributed by atoms with Gasteiger partial charge in [0.25, 0.3) is 5.69 Å². The van der Waals surface area contributed by atoms with E-state index in [9.17, 15) is 14.9 Å². The minimum atomic E-state index is -1.13. The van der Waals surface area contributed by atoms with Crippen LogP contribution in [0.2, 0.25) is 5.02 Å². The van der Waals surface area contributed by atoms with Gasteiger partial charge in [0.1, 0.15) is 0 Å². The van der Waals surface area contributed by atoms with Crippen LogP contribution in [0.5, 0.6) is 11.5 Å². The third-order valence-electron chi connectivity index (χ3n) is 3.09. The van der Waals surface area contributed by atoms with Gasteiger partial charge in [0.15, 0.2) is 18.1 Å². The van der Waals surface area contributed by atoms with E-state index in [0.29, 0.717) is 23.6 Å². The van der Waals surface area contributed by atoms with E-state index in [1.54, 1.807) is 19.1 Å². The van der Waals surface area contributed by atoms with Gasteiger partial charge in [0.2, 0.25) is 0 Å². The lowest BCUT2D eigenvalue weighted by Crippen LogP contribution is -2.11. The van der Waals surface area contributed by atoms with Crippen molar-refractivity contribution in [1.82, 2.24) is 0 Å². The van der Waals surface area contributed by atoms with Crippen molar-refractivity contribution in [3.05, 3.63) is 57.1 Å². The van der Waals surface area contributed by atoms with Gasteiger partial charge in [-0.15, -0.1) is 0 Å². The van der Waals surface area contributed by atoms with Crippen LogP contribution in [0.3, 0.4) is 0 Å². The molecule has 0 aliphatic rings. The third-order valence-corrected chi connectivity index (χ3v) is 3.38. The molecular weight excluding hydrogens is 364 g/mol. The van der Waals surface area contributed by atoms with Gasteiger partial charge in [-0.3, -0.25) is 15.1 Å². The maximum atomic E-state index is 10.7. The number of halogens is 1. The molecule has 0 amide bonds. The Hall–Kier alpha value is -3.13. The number of aliphatic imine (C=N–C) groups is 1. The zero-order valence-corrected chi connectivity index (χ0v) is 14.5. The van der Waals surface area contributed by atoms with Crippen LogP contribution in [-0.2, 0) is 4.79 Å². The second kappa shape index (κ2) is 8.82. The molecule has 0 unspecified atom stereocenters. The fourth-order valence-corrected chi connectivity index (χ4v) is 2.28. The molecule has 0 spiro atoms. The predicted molar refractivity (Wildman–Crippen MR) is 96.1 cm³/mol. The zero-order chi connectivity index (χ0) is 19.1. The van der Waals surface area contributed by atoms with E-state index in [1.807, 2.05) is 0 Å². The van der Waals surface area contributed by atoms with Crippen molar-refractivity contribution in [2.45, 2.75) is 6.92 Å². The largest absolute Gasteiger partial charge is 0.490 e. The molecule has 1 N–H and O–H groups in total. The van der Waals surface area contributed by atoms with Gasteiger partial charge in [-0.2, -0.15) is 0 Å². The molecule has 0 atom stereocenters. The third kappa shape index (κ3) is 5.18. The van der Waals surface area contributed by atoms with Crippen LogP contribution in [-0.4, -0.2) is 35.4 Å². The van der Waals surface area contributed by atoms with Gasteiger partial charge in [-0.25, -0.2) is 4.79 Å². The Labute approximate surface area is 153 Å². The van der Waals surface area contributed by atoms with E-state index < -0.39 is 17.5 Å². The Kier molecular flexibility index (Phi) is 6.51. The lowest BCUT2D eigenvalue weighted by molar-refractivity contribution is -0.384. The number of carboxylic acid groups (broad SMARTS) is 1. The van der Waals surface area contributed by atoms with Crippen molar-refractivity contribution in [3.63, 3.8) is 0 Å². The molecule has 2 aromatic rings. The second-order valence-corrected chi connectivity index (χ2v) is 5.38. The molecule has 0 heterocycles. The van der Waals surface area contributed by atoms with Crippen molar-refractivity contribution in [2.24, 2.45) is 4.99 Å². The van der Waals surface area contributed by atoms with E-state index >= 15 is 0 Å². The number of nitro benzene ring substituents is 1. The van der Waals surface area contributed by atoms with Gasteiger partial charge in [-0.05, 0) is 36.8 Å². The first-order valence-electron chi connectivity index (χ1n) is 7.50. The van der Waals surface area contributed by atoms with Crippen LogP contribution in [0, 0.1) is 10.1 Å². The number of nitro groups is 1. The number of aliphatic carboxylic acids is 1. The highest BCUT2D eigenvalue weighted by Crippen LogP contribution is 2.36. The molecule has 0 aliphatic heterocycles. The average molecular weight is 379 g/mol. The number of benzene rings is 2. The number of carboxylic acids is 1. The molecule has 0 aromatic heterocycles. The standard InChI is InChI=1S/C17H15ClN2O6/c1-2-25-15-8-11(7-14(18)17(15)26-10-16(21)22)9-19-12-3-5-13(6-4-12)20(23)24/h3-9H,2,10H2,1H3,(H,21,22). The van der Waals surface area contributed by atoms with E-state index in [2.05, 4.69) is 4.99 Å². The molecule has 9 heteroatoms. The molecule has 2 aromatic carbocycles. The smallest absolute Gasteiger partial charge is 0.341 e. The number of non-ortho nitro benzene ring substituents is 1. The van der Waals surface area contributed by atoms with Gasteiger partial charge in [-0.1, -0.05) is 11.6 Å². The van der Waals surface area contributed by atoms with Crippen LogP contribution >= 0.6 is 11.6 Å². The summed E-state index contributed by atoms with van der Waals surface area (Å²) < 4.78 is 10.6. The SMILES string of the molecule is CCOc1cc(C=Nc2ccc([N+](=O)[O-])cc2)cc(Cl)c1OCC(=O)O. The number of hydrogen-bond donors (Lipinski definition) is 1. The molecular formula is C17H15ClN2O6. The van der Waals surface area contributed by atoms with Crippen LogP contribution in [0.1, 0.15) is 12.5 Å². The first-order valence-corrected chi connectivity index (χ1v) is 7.88. The molecule has 136 valence electrons. The maximum Gasteiger partial charge on any atom is 0.341 e. The van der Waals surface area contributed by atoms with Crippen molar-refractivity contribution in [2.75, 3.05) is 13.2 Å². The number of nitrogens with zero attached hydrogens (tertiary/aromatic N) is 2. The van der Waals surface area contributed by atoms with Crippen molar-refractivity contribution >= 4 is 35.2 Å². The summed E-state index contributed by atoms with van der Waals surface area (Å²) in [6, 6.07) is 8.91. The summed E-state index contributed by atoms with van der Waals surface area (Å²) >= 11 is 6.16. The Morgan fingerprint density at radius 1 is 1.31 bits per heavy atom. The van der Waals surface area contributed by atoms with Gasteiger partial charge >= 0.3 is 5.97 Å². The molecule has 0 aliphatic carbocycles. The first kappa shape index (κ1) is 19.2. The van der Waals surface area contributed by atoms with Crippen LogP contribution in [0.4, 0.5) is 11.4 Å². The summed E-state index contributed by atoms with van der Waals surface area (Å²) in [5.41, 5.74) is 1.10. The second-order valence-electron chi connectivity index (χ2n) is 4.98. The van der Waals surface area contributed by atoms with E-state index in [0.717, 1.165) is 0 Å². The van der Waals surface area contributed by atoms with Crippen LogP contribution < -0.4 is 9.47 Å². The summed E-state index contributed by atoms with van der Waals surface area (Å²) in [6.07, 6.45) is 1.51. The minimum Gasteiger partial charge on any atom is -0.490 e. The molecule has 0 saturated heterocycles. The molecule has 8 nitrogen and oxygen atoms in total. The van der Waals surface area contributed by atoms with Gasteiger partial charge in [0, 0.05) is 18.3 Å². The number of hydrogen-bond acceptors (Lipinski definition) is 6. The lowest BCUT2D eigenvalue weighted by atomic mass is 10.2. The Balaban J connectivity index is 2.25. The Morgan fingerprint density at radius 3 is 2.58 bits per heavy atom. The fraction of sp³-hybridized carbons (Fsp3) is 0.176. The quantitative estimate of drug-likeness (QED) is 0.424. The van der Waals surface area contributed by atoms with Gasteiger partial charge < -0.3 is 14.6 Å². The molecule has 0 fully saturated rings. The molecule has 0 bridgehead atoms. The highest BCUT2D eigenvalue weighted by molar-refractivity contribution is 6.32. The summed E-state index contributed by atoms with van der Waals surface area (Å²) in [7, 11) is 0. The fourth-order valence-electron chi connectivity index (χ4n) is 2.01. The highest BCUT2D eigenvalue weighted by Gasteiger charge is 2.13. The van der Waals surface area contributed by atoms with E-state index in [-0.39, 0.29) is 16.5 Å². The minimum absolute atomic E-state index is 0.0226. The first-order chi connectivity index (χ1) is 12.4. The Morgan fingerprint density at radius 2 is 2.00 bits per heavy atom. The molecule has 0 radical (unpaired) electrons. The summed E-state index contributed by atoms with van der Waals surface area (Å²) in [5.74, 6) is -0.692. The normalized spacial score (nSPS) is 10.7. The van der Waals surface area contributed by atoms with Crippen molar-refractivity contribution in [1.29, 1.82) is 0 Å². The van der Waals surface area contributed by atoms with E-state index in [1.165, 1.54) is 30.5 Å². The topological polar surface area (TPSA) is 111 Å². The Bertz CT molecular complexity index is 836. The van der Waals surface area contributed by atoms with Crippen LogP contribution in [0.25, 0.3) is 0 Å². The van der Waals surface area contributed by atoms with Gasteiger partial charge in [0.05, 0.1) is 22.2 Å². The summed E-state index contributed by atoms with van der Waals surface area (Å²) in [6.45, 7) is 1.56. The van der Waals surface area contributed by atoms with Crippen LogP contribution in [0.15, 0.2) is 41.4 Å².